The number of rotatable bonds is 2. The summed E-state index contributed by atoms with van der Waals surface area (Å²) in [6.07, 6.45) is 6.28. The van der Waals surface area contributed by atoms with Crippen LogP contribution in [-0.2, 0) is 6.42 Å². The standard InChI is InChI=1S/C9H12N4/c1-7-9-8(2-3-10)11-4-5-13(9)6-12-7/h4-6H,2-3,10H2,1H3. The molecule has 0 atom stereocenters. The van der Waals surface area contributed by atoms with Crippen LogP contribution in [0.3, 0.4) is 0 Å². The van der Waals surface area contributed by atoms with Gasteiger partial charge in [0.25, 0.3) is 0 Å². The second kappa shape index (κ2) is 3.14. The number of aryl methyl sites for hydroxylation is 1. The molecule has 0 saturated heterocycles. The number of hydrogen-bond donors (Lipinski definition) is 1. The maximum atomic E-state index is 5.50. The van der Waals surface area contributed by atoms with E-state index in [9.17, 15) is 0 Å². The van der Waals surface area contributed by atoms with E-state index < -0.39 is 0 Å². The Labute approximate surface area is 76.4 Å². The first-order valence-electron chi connectivity index (χ1n) is 4.30. The SMILES string of the molecule is Cc1ncn2ccnc(CCN)c12. The number of nitrogens with two attached hydrogens (primary N) is 1. The van der Waals surface area contributed by atoms with Crippen molar-refractivity contribution in [1.82, 2.24) is 14.4 Å². The lowest BCUT2D eigenvalue weighted by Crippen LogP contribution is -2.06. The van der Waals surface area contributed by atoms with Gasteiger partial charge in [0.2, 0.25) is 0 Å². The first-order valence-corrected chi connectivity index (χ1v) is 4.30. The van der Waals surface area contributed by atoms with Crippen LogP contribution >= 0.6 is 0 Å². The Morgan fingerprint density at radius 1 is 1.46 bits per heavy atom. The van der Waals surface area contributed by atoms with Crippen LogP contribution in [0.15, 0.2) is 18.7 Å². The first kappa shape index (κ1) is 8.19. The highest BCUT2D eigenvalue weighted by Gasteiger charge is 2.05. The molecule has 0 aliphatic heterocycles. The highest BCUT2D eigenvalue weighted by atomic mass is 15.0. The third kappa shape index (κ3) is 1.29. The lowest BCUT2D eigenvalue weighted by Gasteiger charge is -2.01. The summed E-state index contributed by atoms with van der Waals surface area (Å²) in [5, 5.41) is 0. The van der Waals surface area contributed by atoms with E-state index in [1.165, 1.54) is 0 Å². The average Bonchev–Trinajstić information content (AvgIpc) is 2.50. The van der Waals surface area contributed by atoms with Crippen LogP contribution in [0.5, 0.6) is 0 Å². The van der Waals surface area contributed by atoms with Crippen molar-refractivity contribution in [1.29, 1.82) is 0 Å². The molecule has 2 heterocycles. The third-order valence-electron chi connectivity index (χ3n) is 2.09. The van der Waals surface area contributed by atoms with Crippen molar-refractivity contribution in [3.05, 3.63) is 30.1 Å². The zero-order valence-electron chi connectivity index (χ0n) is 7.57. The summed E-state index contributed by atoms with van der Waals surface area (Å²) in [6, 6.07) is 0. The second-order valence-corrected chi connectivity index (χ2v) is 3.00. The average molecular weight is 176 g/mol. The van der Waals surface area contributed by atoms with Crippen molar-refractivity contribution in [2.45, 2.75) is 13.3 Å². The van der Waals surface area contributed by atoms with Gasteiger partial charge in [0.15, 0.2) is 0 Å². The van der Waals surface area contributed by atoms with E-state index in [0.717, 1.165) is 23.3 Å². The quantitative estimate of drug-likeness (QED) is 0.726. The van der Waals surface area contributed by atoms with E-state index in [1.54, 1.807) is 12.5 Å². The molecule has 0 amide bonds. The van der Waals surface area contributed by atoms with E-state index in [1.807, 2.05) is 17.5 Å². The molecule has 13 heavy (non-hydrogen) atoms. The van der Waals surface area contributed by atoms with Crippen LogP contribution < -0.4 is 5.73 Å². The van der Waals surface area contributed by atoms with Crippen molar-refractivity contribution in [3.8, 4) is 0 Å². The monoisotopic (exact) mass is 176 g/mol. The first-order chi connectivity index (χ1) is 6.33. The summed E-state index contributed by atoms with van der Waals surface area (Å²) in [5.74, 6) is 0. The Hall–Kier alpha value is -1.42. The van der Waals surface area contributed by atoms with Gasteiger partial charge in [0, 0.05) is 18.8 Å². The van der Waals surface area contributed by atoms with Gasteiger partial charge in [-0.05, 0) is 13.5 Å². The smallest absolute Gasteiger partial charge is 0.0996 e. The zero-order chi connectivity index (χ0) is 9.26. The molecular formula is C9H12N4. The fourth-order valence-corrected chi connectivity index (χ4v) is 1.50. The molecule has 0 aliphatic carbocycles. The van der Waals surface area contributed by atoms with Crippen LogP contribution in [0.4, 0.5) is 0 Å². The summed E-state index contributed by atoms with van der Waals surface area (Å²) in [4.78, 5) is 8.51. The van der Waals surface area contributed by atoms with E-state index in [0.29, 0.717) is 6.54 Å². The highest BCUT2D eigenvalue weighted by molar-refractivity contribution is 5.55. The van der Waals surface area contributed by atoms with Gasteiger partial charge in [0.1, 0.15) is 0 Å². The second-order valence-electron chi connectivity index (χ2n) is 3.00. The van der Waals surface area contributed by atoms with E-state index in [-0.39, 0.29) is 0 Å². The molecule has 0 spiro atoms. The predicted octanol–water partition coefficient (Wildman–Crippen LogP) is 0.539. The van der Waals surface area contributed by atoms with Gasteiger partial charge in [0.05, 0.1) is 23.2 Å². The van der Waals surface area contributed by atoms with Gasteiger partial charge < -0.3 is 10.1 Å². The van der Waals surface area contributed by atoms with Gasteiger partial charge in [-0.3, -0.25) is 4.98 Å². The summed E-state index contributed by atoms with van der Waals surface area (Å²) in [6.45, 7) is 2.61. The van der Waals surface area contributed by atoms with Crippen LogP contribution in [0, 0.1) is 6.92 Å². The lowest BCUT2D eigenvalue weighted by atomic mass is 10.2. The molecule has 2 N–H and O–H groups in total. The van der Waals surface area contributed by atoms with Crippen LogP contribution in [0.25, 0.3) is 5.52 Å². The molecule has 0 aromatic carbocycles. The zero-order valence-corrected chi connectivity index (χ0v) is 7.57. The summed E-state index contributed by atoms with van der Waals surface area (Å²) in [7, 11) is 0. The van der Waals surface area contributed by atoms with Gasteiger partial charge in [-0.25, -0.2) is 4.98 Å². The maximum Gasteiger partial charge on any atom is 0.0996 e. The molecular weight excluding hydrogens is 164 g/mol. The molecule has 0 aliphatic rings. The Balaban J connectivity index is 2.65. The molecule has 4 heteroatoms. The van der Waals surface area contributed by atoms with E-state index in [2.05, 4.69) is 9.97 Å². The fraction of sp³-hybridized carbons (Fsp3) is 0.333. The Kier molecular flexibility index (Phi) is 1.98. The molecule has 2 aromatic heterocycles. The highest BCUT2D eigenvalue weighted by Crippen LogP contribution is 2.11. The minimum Gasteiger partial charge on any atom is -0.330 e. The van der Waals surface area contributed by atoms with Crippen molar-refractivity contribution < 1.29 is 0 Å². The van der Waals surface area contributed by atoms with Crippen molar-refractivity contribution in [2.24, 2.45) is 5.73 Å². The molecule has 2 rings (SSSR count). The van der Waals surface area contributed by atoms with Crippen molar-refractivity contribution in [2.75, 3.05) is 6.54 Å². The van der Waals surface area contributed by atoms with Gasteiger partial charge in [-0.1, -0.05) is 0 Å². The Bertz CT molecular complexity index is 418. The minimum absolute atomic E-state index is 0.622. The van der Waals surface area contributed by atoms with Crippen molar-refractivity contribution >= 4 is 5.52 Å². The summed E-state index contributed by atoms with van der Waals surface area (Å²) >= 11 is 0. The lowest BCUT2D eigenvalue weighted by molar-refractivity contribution is 0.915. The maximum absolute atomic E-state index is 5.50. The predicted molar refractivity (Wildman–Crippen MR) is 50.5 cm³/mol. The molecule has 0 radical (unpaired) electrons. The molecule has 0 fully saturated rings. The van der Waals surface area contributed by atoms with E-state index >= 15 is 0 Å². The molecule has 2 aromatic rings. The van der Waals surface area contributed by atoms with Crippen molar-refractivity contribution in [3.63, 3.8) is 0 Å². The topological polar surface area (TPSA) is 56.2 Å². The number of hydrogen-bond acceptors (Lipinski definition) is 3. The molecule has 0 saturated carbocycles. The summed E-state index contributed by atoms with van der Waals surface area (Å²) in [5.41, 5.74) is 8.63. The fourth-order valence-electron chi connectivity index (χ4n) is 1.50. The third-order valence-corrected chi connectivity index (χ3v) is 2.09. The van der Waals surface area contributed by atoms with Gasteiger partial charge in [-0.2, -0.15) is 0 Å². The molecule has 0 unspecified atom stereocenters. The van der Waals surface area contributed by atoms with Gasteiger partial charge >= 0.3 is 0 Å². The van der Waals surface area contributed by atoms with E-state index in [4.69, 9.17) is 5.73 Å². The molecule has 4 nitrogen and oxygen atoms in total. The normalized spacial score (nSPS) is 10.9. The number of aromatic nitrogens is 3. The number of fused-ring (bicyclic) bond motifs is 1. The van der Waals surface area contributed by atoms with Crippen LogP contribution in [0.1, 0.15) is 11.4 Å². The summed E-state index contributed by atoms with van der Waals surface area (Å²) < 4.78 is 1.98. The number of imidazole rings is 1. The van der Waals surface area contributed by atoms with Gasteiger partial charge in [-0.15, -0.1) is 0 Å². The molecule has 68 valence electrons. The number of nitrogens with zero attached hydrogens (tertiary/aromatic N) is 3. The molecule has 0 bridgehead atoms. The Morgan fingerprint density at radius 2 is 2.31 bits per heavy atom. The van der Waals surface area contributed by atoms with Crippen LogP contribution in [0.2, 0.25) is 0 Å². The minimum atomic E-state index is 0.622. The van der Waals surface area contributed by atoms with Crippen LogP contribution in [-0.4, -0.2) is 20.9 Å². The largest absolute Gasteiger partial charge is 0.330 e. The Morgan fingerprint density at radius 3 is 3.08 bits per heavy atom.